The summed E-state index contributed by atoms with van der Waals surface area (Å²) in [6, 6.07) is 7.93. The minimum Gasteiger partial charge on any atom is -0.348 e. The number of aryl methyl sites for hydroxylation is 1. The van der Waals surface area contributed by atoms with Crippen molar-refractivity contribution < 1.29 is 4.79 Å². The highest BCUT2D eigenvalue weighted by molar-refractivity contribution is 5.97. The molecule has 1 saturated carbocycles. The minimum absolute atomic E-state index is 0.0631. The number of hydrogen-bond acceptors (Lipinski definition) is 2. The Hall–Kier alpha value is -2.10. The fourth-order valence-electron chi connectivity index (χ4n) is 3.60. The summed E-state index contributed by atoms with van der Waals surface area (Å²) in [5.74, 6) is -0.116. The topological polar surface area (TPSA) is 51.1 Å². The molecule has 1 N–H and O–H groups in total. The van der Waals surface area contributed by atoms with Crippen molar-refractivity contribution in [2.45, 2.75) is 65.0 Å². The average molecular weight is 326 g/mol. The van der Waals surface area contributed by atoms with Crippen LogP contribution in [-0.2, 0) is 6.54 Å². The number of nitrogens with zero attached hydrogens (tertiary/aromatic N) is 1. The van der Waals surface area contributed by atoms with Crippen LogP contribution in [0.3, 0.4) is 0 Å². The second kappa shape index (κ2) is 7.20. The third-order valence-corrected chi connectivity index (χ3v) is 4.89. The van der Waals surface area contributed by atoms with Crippen molar-refractivity contribution in [1.29, 1.82) is 0 Å². The first-order valence-corrected chi connectivity index (χ1v) is 9.05. The Kier molecular flexibility index (Phi) is 5.03. The van der Waals surface area contributed by atoms with Crippen LogP contribution in [0.25, 0.3) is 10.8 Å². The van der Waals surface area contributed by atoms with Crippen molar-refractivity contribution in [2.75, 3.05) is 0 Å². The van der Waals surface area contributed by atoms with Gasteiger partial charge in [0.1, 0.15) is 5.69 Å². The standard InChI is InChI=1S/C20H26N2O2/c1-3-11-22-18(19(23)21-16-7-5-4-6-8-16)13-15-10-9-14(2)12-17(15)20(22)24/h9-10,12-13,16H,3-8,11H2,1-2H3,(H,21,23). The van der Waals surface area contributed by atoms with Crippen molar-refractivity contribution >= 4 is 16.7 Å². The molecule has 0 saturated heterocycles. The van der Waals surface area contributed by atoms with Gasteiger partial charge in [-0.2, -0.15) is 0 Å². The van der Waals surface area contributed by atoms with Crippen molar-refractivity contribution in [2.24, 2.45) is 0 Å². The van der Waals surface area contributed by atoms with Crippen LogP contribution in [0.2, 0.25) is 0 Å². The Morgan fingerprint density at radius 1 is 1.21 bits per heavy atom. The molecule has 0 unspecified atom stereocenters. The Bertz CT molecular complexity index is 801. The molecule has 0 aliphatic heterocycles. The largest absolute Gasteiger partial charge is 0.348 e. The molecular formula is C20H26N2O2. The number of benzene rings is 1. The van der Waals surface area contributed by atoms with Crippen molar-refractivity contribution in [3.63, 3.8) is 0 Å². The van der Waals surface area contributed by atoms with Crippen LogP contribution < -0.4 is 10.9 Å². The number of aromatic nitrogens is 1. The van der Waals surface area contributed by atoms with Crippen LogP contribution in [0, 0.1) is 6.92 Å². The monoisotopic (exact) mass is 326 g/mol. The first-order chi connectivity index (χ1) is 11.6. The Morgan fingerprint density at radius 3 is 2.67 bits per heavy atom. The number of hydrogen-bond donors (Lipinski definition) is 1. The molecule has 0 atom stereocenters. The van der Waals surface area contributed by atoms with Gasteiger partial charge < -0.3 is 9.88 Å². The van der Waals surface area contributed by atoms with Gasteiger partial charge in [-0.15, -0.1) is 0 Å². The van der Waals surface area contributed by atoms with E-state index in [0.717, 1.165) is 30.2 Å². The number of carbonyl (C=O) groups excluding carboxylic acids is 1. The second-order valence-electron chi connectivity index (χ2n) is 6.89. The lowest BCUT2D eigenvalue weighted by molar-refractivity contribution is 0.0917. The van der Waals surface area contributed by atoms with E-state index in [4.69, 9.17) is 0 Å². The molecule has 2 aromatic rings. The number of carbonyl (C=O) groups is 1. The van der Waals surface area contributed by atoms with Gasteiger partial charge in [0.25, 0.3) is 11.5 Å². The Labute approximate surface area is 142 Å². The van der Waals surface area contributed by atoms with Crippen LogP contribution in [0.1, 0.15) is 61.5 Å². The maximum absolute atomic E-state index is 12.9. The zero-order valence-electron chi connectivity index (χ0n) is 14.6. The van der Waals surface area contributed by atoms with E-state index in [-0.39, 0.29) is 17.5 Å². The Morgan fingerprint density at radius 2 is 1.96 bits per heavy atom. The average Bonchev–Trinajstić information content (AvgIpc) is 2.58. The highest BCUT2D eigenvalue weighted by Gasteiger charge is 2.20. The first kappa shape index (κ1) is 16.7. The van der Waals surface area contributed by atoms with Gasteiger partial charge >= 0.3 is 0 Å². The van der Waals surface area contributed by atoms with E-state index in [1.165, 1.54) is 19.3 Å². The van der Waals surface area contributed by atoms with Crippen LogP contribution >= 0.6 is 0 Å². The number of rotatable bonds is 4. The highest BCUT2D eigenvalue weighted by Crippen LogP contribution is 2.19. The molecule has 0 radical (unpaired) electrons. The van der Waals surface area contributed by atoms with Gasteiger partial charge in [-0.25, -0.2) is 0 Å². The molecule has 0 spiro atoms. The SMILES string of the molecule is CCCn1c(C(=O)NC2CCCCC2)cc2ccc(C)cc2c1=O. The first-order valence-electron chi connectivity index (χ1n) is 9.05. The third-order valence-electron chi connectivity index (χ3n) is 4.89. The molecule has 4 nitrogen and oxygen atoms in total. The summed E-state index contributed by atoms with van der Waals surface area (Å²) in [5.41, 5.74) is 1.48. The number of nitrogens with one attached hydrogen (secondary N) is 1. The molecule has 1 heterocycles. The highest BCUT2D eigenvalue weighted by atomic mass is 16.2. The van der Waals surface area contributed by atoms with Crippen molar-refractivity contribution in [1.82, 2.24) is 9.88 Å². The fraction of sp³-hybridized carbons (Fsp3) is 0.500. The van der Waals surface area contributed by atoms with Gasteiger partial charge in [0.15, 0.2) is 0 Å². The smallest absolute Gasteiger partial charge is 0.268 e. The van der Waals surface area contributed by atoms with E-state index in [2.05, 4.69) is 5.32 Å². The molecule has 3 rings (SSSR count). The summed E-state index contributed by atoms with van der Waals surface area (Å²) in [4.78, 5) is 25.7. The van der Waals surface area contributed by atoms with Crippen LogP contribution in [0.5, 0.6) is 0 Å². The van der Waals surface area contributed by atoms with E-state index < -0.39 is 0 Å². The minimum atomic E-state index is -0.116. The van der Waals surface area contributed by atoms with Crippen molar-refractivity contribution in [3.05, 3.63) is 45.9 Å². The molecule has 4 heteroatoms. The maximum Gasteiger partial charge on any atom is 0.268 e. The van der Waals surface area contributed by atoms with Gasteiger partial charge in [-0.05, 0) is 43.7 Å². The predicted molar refractivity (Wildman–Crippen MR) is 97.6 cm³/mol. The van der Waals surface area contributed by atoms with Crippen LogP contribution in [0.4, 0.5) is 0 Å². The summed E-state index contributed by atoms with van der Waals surface area (Å²) in [5, 5.41) is 4.67. The molecule has 0 bridgehead atoms. The molecular weight excluding hydrogens is 300 g/mol. The van der Waals surface area contributed by atoms with E-state index in [1.54, 1.807) is 4.57 Å². The normalized spacial score (nSPS) is 15.6. The summed E-state index contributed by atoms with van der Waals surface area (Å²) in [7, 11) is 0. The lowest BCUT2D eigenvalue weighted by atomic mass is 9.95. The summed E-state index contributed by atoms with van der Waals surface area (Å²) in [6.45, 7) is 4.57. The van der Waals surface area contributed by atoms with Crippen LogP contribution in [-0.4, -0.2) is 16.5 Å². The lowest BCUT2D eigenvalue weighted by Crippen LogP contribution is -2.39. The molecule has 128 valence electrons. The van der Waals surface area contributed by atoms with Gasteiger partial charge in [0.05, 0.1) is 0 Å². The molecule has 24 heavy (non-hydrogen) atoms. The lowest BCUT2D eigenvalue weighted by Gasteiger charge is -2.23. The van der Waals surface area contributed by atoms with E-state index in [1.807, 2.05) is 38.1 Å². The summed E-state index contributed by atoms with van der Waals surface area (Å²) < 4.78 is 1.64. The molecule has 1 aromatic heterocycles. The van der Waals surface area contributed by atoms with E-state index >= 15 is 0 Å². The van der Waals surface area contributed by atoms with E-state index in [0.29, 0.717) is 17.6 Å². The quantitative estimate of drug-likeness (QED) is 0.929. The second-order valence-corrected chi connectivity index (χ2v) is 6.89. The van der Waals surface area contributed by atoms with Gasteiger partial charge in [0, 0.05) is 18.0 Å². The third kappa shape index (κ3) is 3.37. The maximum atomic E-state index is 12.9. The van der Waals surface area contributed by atoms with Gasteiger partial charge in [-0.3, -0.25) is 9.59 Å². The summed E-state index contributed by atoms with van der Waals surface area (Å²) in [6.07, 6.45) is 6.49. The van der Waals surface area contributed by atoms with E-state index in [9.17, 15) is 9.59 Å². The molecule has 1 fully saturated rings. The predicted octanol–water partition coefficient (Wildman–Crippen LogP) is 3.78. The zero-order valence-corrected chi connectivity index (χ0v) is 14.6. The number of pyridine rings is 1. The molecule has 1 aromatic carbocycles. The molecule has 1 aliphatic rings. The van der Waals surface area contributed by atoms with Crippen LogP contribution in [0.15, 0.2) is 29.1 Å². The van der Waals surface area contributed by atoms with Crippen molar-refractivity contribution in [3.8, 4) is 0 Å². The zero-order chi connectivity index (χ0) is 17.1. The number of amides is 1. The van der Waals surface area contributed by atoms with Gasteiger partial charge in [-0.1, -0.05) is 43.9 Å². The molecule has 1 amide bonds. The fourth-order valence-corrected chi connectivity index (χ4v) is 3.60. The summed E-state index contributed by atoms with van der Waals surface area (Å²) >= 11 is 0. The molecule has 1 aliphatic carbocycles. The number of fused-ring (bicyclic) bond motifs is 1. The Balaban J connectivity index is 2.01. The van der Waals surface area contributed by atoms with Gasteiger partial charge in [0.2, 0.25) is 0 Å².